The van der Waals surface area contributed by atoms with Crippen LogP contribution in [0.15, 0.2) is 28.8 Å². The number of nitrogens with one attached hydrogen (secondary N) is 2. The number of carbonyl (C=O) groups excluding carboxylic acids is 1. The molecule has 0 aliphatic heterocycles. The largest absolute Gasteiger partial charge is 0.383 e. The summed E-state index contributed by atoms with van der Waals surface area (Å²) in [5.74, 6) is 0.706. The zero-order valence-corrected chi connectivity index (χ0v) is 16.6. The van der Waals surface area contributed by atoms with Gasteiger partial charge in [-0.15, -0.1) is 0 Å². The Hall–Kier alpha value is -2.05. The van der Waals surface area contributed by atoms with E-state index in [1.807, 2.05) is 12.1 Å². The molecule has 146 valence electrons. The third-order valence-corrected chi connectivity index (χ3v) is 5.49. The van der Waals surface area contributed by atoms with E-state index in [2.05, 4.69) is 22.7 Å². The maximum absolute atomic E-state index is 13.2. The van der Waals surface area contributed by atoms with Crippen LogP contribution in [0.4, 0.5) is 5.82 Å². The van der Waals surface area contributed by atoms with Crippen LogP contribution in [0.1, 0.15) is 49.4 Å². The molecule has 1 amide bonds. The molecule has 7 heteroatoms. The van der Waals surface area contributed by atoms with Crippen LogP contribution < -0.4 is 10.6 Å². The van der Waals surface area contributed by atoms with Crippen LogP contribution >= 0.6 is 11.6 Å². The Kier molecular flexibility index (Phi) is 6.39. The van der Waals surface area contributed by atoms with Crippen molar-refractivity contribution < 1.29 is 14.1 Å². The van der Waals surface area contributed by atoms with Crippen molar-refractivity contribution in [1.29, 1.82) is 0 Å². The molecular formula is C20H26ClN3O3. The number of carbonyl (C=O) groups is 1. The van der Waals surface area contributed by atoms with Crippen LogP contribution in [0.5, 0.6) is 0 Å². The second-order valence-corrected chi connectivity index (χ2v) is 7.39. The van der Waals surface area contributed by atoms with Gasteiger partial charge in [0.2, 0.25) is 0 Å². The van der Waals surface area contributed by atoms with E-state index in [0.717, 1.165) is 37.7 Å². The van der Waals surface area contributed by atoms with Gasteiger partial charge in [0.25, 0.3) is 5.91 Å². The highest BCUT2D eigenvalue weighted by molar-refractivity contribution is 6.30. The smallest absolute Gasteiger partial charge is 0.259 e. The molecule has 6 nitrogen and oxygen atoms in total. The maximum atomic E-state index is 13.2. The van der Waals surface area contributed by atoms with Gasteiger partial charge in [-0.25, -0.2) is 0 Å². The van der Waals surface area contributed by atoms with E-state index in [1.54, 1.807) is 19.2 Å². The SMILES string of the molecule is CCC1(NC(=O)c2c(NCCOC)noc2-c2ccc(Cl)cc2)CCCC1. The van der Waals surface area contributed by atoms with Gasteiger partial charge in [0.15, 0.2) is 11.6 Å². The molecule has 1 aliphatic rings. The van der Waals surface area contributed by atoms with Crippen LogP contribution in [0.2, 0.25) is 5.02 Å². The molecule has 1 aromatic carbocycles. The monoisotopic (exact) mass is 391 g/mol. The number of rotatable bonds is 8. The van der Waals surface area contributed by atoms with Crippen LogP contribution in [-0.2, 0) is 4.74 Å². The lowest BCUT2D eigenvalue weighted by atomic mass is 9.93. The van der Waals surface area contributed by atoms with Crippen molar-refractivity contribution in [3.05, 3.63) is 34.9 Å². The van der Waals surface area contributed by atoms with E-state index in [1.165, 1.54) is 0 Å². The Morgan fingerprint density at radius 2 is 2.00 bits per heavy atom. The van der Waals surface area contributed by atoms with Crippen molar-refractivity contribution in [2.24, 2.45) is 0 Å². The molecule has 0 saturated heterocycles. The highest BCUT2D eigenvalue weighted by atomic mass is 35.5. The Balaban J connectivity index is 1.92. The highest BCUT2D eigenvalue weighted by Crippen LogP contribution is 2.35. The molecule has 0 spiro atoms. The molecule has 1 heterocycles. The fraction of sp³-hybridized carbons (Fsp3) is 0.500. The van der Waals surface area contributed by atoms with Crippen molar-refractivity contribution in [2.45, 2.75) is 44.6 Å². The first kappa shape index (κ1) is 19.7. The van der Waals surface area contributed by atoms with Gasteiger partial charge in [0.1, 0.15) is 5.56 Å². The van der Waals surface area contributed by atoms with Crippen LogP contribution in [-0.4, -0.2) is 36.9 Å². The second kappa shape index (κ2) is 8.76. The van der Waals surface area contributed by atoms with Gasteiger partial charge in [0.05, 0.1) is 6.61 Å². The lowest BCUT2D eigenvalue weighted by Crippen LogP contribution is -2.46. The zero-order chi connectivity index (χ0) is 19.3. The number of benzene rings is 1. The van der Waals surface area contributed by atoms with Crippen molar-refractivity contribution in [2.75, 3.05) is 25.6 Å². The Bertz CT molecular complexity index is 767. The quantitative estimate of drug-likeness (QED) is 0.647. The minimum atomic E-state index is -0.162. The molecule has 1 saturated carbocycles. The molecule has 0 unspecified atom stereocenters. The number of hydrogen-bond acceptors (Lipinski definition) is 5. The summed E-state index contributed by atoms with van der Waals surface area (Å²) in [6, 6.07) is 7.18. The third-order valence-electron chi connectivity index (χ3n) is 5.24. The lowest BCUT2D eigenvalue weighted by molar-refractivity contribution is 0.0898. The number of ether oxygens (including phenoxy) is 1. The predicted octanol–water partition coefficient (Wildman–Crippen LogP) is 4.51. The number of aromatic nitrogens is 1. The third kappa shape index (κ3) is 4.45. The number of hydrogen-bond donors (Lipinski definition) is 2. The summed E-state index contributed by atoms with van der Waals surface area (Å²) in [5, 5.41) is 11.1. The van der Waals surface area contributed by atoms with Crippen LogP contribution in [0.25, 0.3) is 11.3 Å². The van der Waals surface area contributed by atoms with Crippen LogP contribution in [0.3, 0.4) is 0 Å². The van der Waals surface area contributed by atoms with Gasteiger partial charge in [-0.1, -0.05) is 36.5 Å². The lowest BCUT2D eigenvalue weighted by Gasteiger charge is -2.29. The summed E-state index contributed by atoms with van der Waals surface area (Å²) in [6.45, 7) is 3.16. The number of methoxy groups -OCH3 is 1. The molecule has 2 aromatic rings. The zero-order valence-electron chi connectivity index (χ0n) is 15.8. The van der Waals surface area contributed by atoms with Gasteiger partial charge in [-0.2, -0.15) is 0 Å². The summed E-state index contributed by atoms with van der Waals surface area (Å²) in [7, 11) is 1.63. The molecule has 0 bridgehead atoms. The molecular weight excluding hydrogens is 366 g/mol. The summed E-state index contributed by atoms with van der Waals surface area (Å²) in [5.41, 5.74) is 1.04. The van der Waals surface area contributed by atoms with E-state index < -0.39 is 0 Å². The first-order chi connectivity index (χ1) is 13.1. The summed E-state index contributed by atoms with van der Waals surface area (Å²) in [4.78, 5) is 13.2. The number of halogens is 1. The first-order valence-corrected chi connectivity index (χ1v) is 9.77. The molecule has 3 rings (SSSR count). The minimum absolute atomic E-state index is 0.143. The van der Waals surface area contributed by atoms with Gasteiger partial charge >= 0.3 is 0 Å². The normalized spacial score (nSPS) is 15.7. The van der Waals surface area contributed by atoms with Gasteiger partial charge in [-0.3, -0.25) is 4.79 Å². The molecule has 1 aromatic heterocycles. The van der Waals surface area contributed by atoms with E-state index in [4.69, 9.17) is 20.9 Å². The van der Waals surface area contributed by atoms with E-state index >= 15 is 0 Å². The number of amides is 1. The Morgan fingerprint density at radius 1 is 1.30 bits per heavy atom. The van der Waals surface area contributed by atoms with Crippen molar-refractivity contribution in [3.8, 4) is 11.3 Å². The van der Waals surface area contributed by atoms with Crippen LogP contribution in [0, 0.1) is 0 Å². The van der Waals surface area contributed by atoms with Crippen molar-refractivity contribution in [1.82, 2.24) is 10.5 Å². The Labute approximate surface area is 164 Å². The number of nitrogens with zero attached hydrogens (tertiary/aromatic N) is 1. The highest BCUT2D eigenvalue weighted by Gasteiger charge is 2.36. The summed E-state index contributed by atoms with van der Waals surface area (Å²) in [6.07, 6.45) is 5.20. The topological polar surface area (TPSA) is 76.4 Å². The fourth-order valence-corrected chi connectivity index (χ4v) is 3.74. The molecule has 1 fully saturated rings. The number of anilines is 1. The van der Waals surface area contributed by atoms with E-state index in [0.29, 0.717) is 35.3 Å². The fourth-order valence-electron chi connectivity index (χ4n) is 3.61. The first-order valence-electron chi connectivity index (χ1n) is 9.39. The summed E-state index contributed by atoms with van der Waals surface area (Å²) < 4.78 is 10.6. The molecule has 0 atom stereocenters. The Morgan fingerprint density at radius 3 is 2.63 bits per heavy atom. The van der Waals surface area contributed by atoms with Crippen molar-refractivity contribution >= 4 is 23.3 Å². The van der Waals surface area contributed by atoms with Crippen molar-refractivity contribution in [3.63, 3.8) is 0 Å². The minimum Gasteiger partial charge on any atom is -0.383 e. The van der Waals surface area contributed by atoms with E-state index in [9.17, 15) is 4.79 Å². The average Bonchev–Trinajstić information content (AvgIpc) is 3.30. The second-order valence-electron chi connectivity index (χ2n) is 6.96. The molecule has 2 N–H and O–H groups in total. The molecule has 0 radical (unpaired) electrons. The standard InChI is InChI=1S/C20H26ClN3O3/c1-3-20(10-4-5-11-20)23-19(25)16-17(14-6-8-15(21)9-7-14)27-24-18(16)22-12-13-26-2/h6-9H,3-5,10-13H2,1-2H3,(H,22,24)(H,23,25). The van der Waals surface area contributed by atoms with Gasteiger partial charge in [0, 0.05) is 29.8 Å². The molecule has 1 aliphatic carbocycles. The average molecular weight is 392 g/mol. The molecule has 27 heavy (non-hydrogen) atoms. The maximum Gasteiger partial charge on any atom is 0.259 e. The van der Waals surface area contributed by atoms with E-state index in [-0.39, 0.29) is 11.4 Å². The predicted molar refractivity (Wildman–Crippen MR) is 106 cm³/mol. The van der Waals surface area contributed by atoms with Gasteiger partial charge in [-0.05, 0) is 43.5 Å². The van der Waals surface area contributed by atoms with Gasteiger partial charge < -0.3 is 19.9 Å². The summed E-state index contributed by atoms with van der Waals surface area (Å²) >= 11 is 5.99.